The second-order valence-corrected chi connectivity index (χ2v) is 6.37. The minimum absolute atomic E-state index is 0.0368. The normalized spacial score (nSPS) is 11.6. The van der Waals surface area contributed by atoms with Crippen LogP contribution in [0.15, 0.2) is 42.7 Å². The molecule has 0 aliphatic rings. The maximum atomic E-state index is 14.2. The van der Waals surface area contributed by atoms with Crippen LogP contribution in [0.5, 0.6) is 0 Å². The van der Waals surface area contributed by atoms with Crippen molar-refractivity contribution in [2.24, 2.45) is 5.73 Å². The van der Waals surface area contributed by atoms with E-state index in [1.54, 1.807) is 18.5 Å². The van der Waals surface area contributed by atoms with Crippen molar-refractivity contribution in [2.75, 3.05) is 13.7 Å². The summed E-state index contributed by atoms with van der Waals surface area (Å²) in [6, 6.07) is 5.77. The van der Waals surface area contributed by atoms with Gasteiger partial charge in [0, 0.05) is 31.0 Å². The highest BCUT2D eigenvalue weighted by molar-refractivity contribution is 5.88. The van der Waals surface area contributed by atoms with Gasteiger partial charge in [0.05, 0.1) is 25.1 Å². The molecule has 29 heavy (non-hydrogen) atoms. The minimum atomic E-state index is -1.21. The molecule has 2 aromatic rings. The lowest BCUT2D eigenvalue weighted by Gasteiger charge is -2.26. The third-order valence-corrected chi connectivity index (χ3v) is 4.29. The van der Waals surface area contributed by atoms with Crippen LogP contribution in [-0.4, -0.2) is 52.5 Å². The highest BCUT2D eigenvalue weighted by atomic mass is 19.1. The van der Waals surface area contributed by atoms with Gasteiger partial charge in [-0.2, -0.15) is 0 Å². The van der Waals surface area contributed by atoms with Crippen LogP contribution in [0.2, 0.25) is 0 Å². The predicted molar refractivity (Wildman–Crippen MR) is 101 cm³/mol. The number of carbonyl (C=O) groups excluding carboxylic acids is 2. The molecule has 0 aliphatic heterocycles. The maximum Gasteiger partial charge on any atom is 0.335 e. The topological polar surface area (TPSA) is 123 Å². The number of ether oxygens (including phenoxy) is 1. The molecule has 0 radical (unpaired) electrons. The van der Waals surface area contributed by atoms with Gasteiger partial charge < -0.3 is 20.5 Å². The number of carbonyl (C=O) groups is 3. The third kappa shape index (κ3) is 6.35. The van der Waals surface area contributed by atoms with Crippen LogP contribution >= 0.6 is 0 Å². The van der Waals surface area contributed by atoms with Crippen molar-refractivity contribution < 1.29 is 28.6 Å². The van der Waals surface area contributed by atoms with E-state index in [1.807, 2.05) is 6.07 Å². The van der Waals surface area contributed by atoms with Gasteiger partial charge in [-0.3, -0.25) is 14.6 Å². The molecule has 0 aliphatic carbocycles. The van der Waals surface area contributed by atoms with Crippen molar-refractivity contribution in [3.63, 3.8) is 0 Å². The average molecular weight is 403 g/mol. The summed E-state index contributed by atoms with van der Waals surface area (Å²) in [7, 11) is 1.19. The molecule has 2 rings (SSSR count). The van der Waals surface area contributed by atoms with Crippen molar-refractivity contribution in [1.29, 1.82) is 0 Å². The summed E-state index contributed by atoms with van der Waals surface area (Å²) >= 11 is 0. The Labute approximate surface area is 167 Å². The van der Waals surface area contributed by atoms with Crippen LogP contribution in [0.1, 0.15) is 27.9 Å². The number of nitrogens with zero attached hydrogens (tertiary/aromatic N) is 2. The number of carboxylic acids is 1. The van der Waals surface area contributed by atoms with E-state index in [0.717, 1.165) is 17.7 Å². The number of aromatic carboxylic acids is 1. The van der Waals surface area contributed by atoms with Crippen molar-refractivity contribution >= 4 is 17.8 Å². The fourth-order valence-corrected chi connectivity index (χ4v) is 2.70. The van der Waals surface area contributed by atoms with Gasteiger partial charge in [0.1, 0.15) is 5.82 Å². The summed E-state index contributed by atoms with van der Waals surface area (Å²) in [5.74, 6) is -3.06. The van der Waals surface area contributed by atoms with E-state index in [2.05, 4.69) is 9.72 Å². The molecule has 1 heterocycles. The van der Waals surface area contributed by atoms with E-state index < -0.39 is 29.7 Å². The van der Waals surface area contributed by atoms with Gasteiger partial charge in [0.2, 0.25) is 5.91 Å². The van der Waals surface area contributed by atoms with Crippen molar-refractivity contribution in [2.45, 2.75) is 25.4 Å². The zero-order chi connectivity index (χ0) is 21.4. The number of nitrogens with two attached hydrogens (primary N) is 1. The standard InChI is InChI=1S/C20H22FN3O5/c1-29-18(25)10-17(22)19(26)24(8-6-13-3-2-7-23-11-13)12-15-9-14(20(27)28)4-5-16(15)21/h2-5,7,9,11,17H,6,8,10,12,22H2,1H3,(H,27,28). The Hall–Kier alpha value is -3.33. The van der Waals surface area contributed by atoms with Crippen LogP contribution in [0, 0.1) is 5.82 Å². The fourth-order valence-electron chi connectivity index (χ4n) is 2.70. The average Bonchev–Trinajstić information content (AvgIpc) is 2.72. The Morgan fingerprint density at radius 3 is 2.69 bits per heavy atom. The van der Waals surface area contributed by atoms with Crippen LogP contribution in [0.3, 0.4) is 0 Å². The van der Waals surface area contributed by atoms with Crippen molar-refractivity contribution in [1.82, 2.24) is 9.88 Å². The highest BCUT2D eigenvalue weighted by Gasteiger charge is 2.25. The number of halogens is 1. The summed E-state index contributed by atoms with van der Waals surface area (Å²) < 4.78 is 18.8. The van der Waals surface area contributed by atoms with Gasteiger partial charge >= 0.3 is 11.9 Å². The molecule has 8 nitrogen and oxygen atoms in total. The van der Waals surface area contributed by atoms with Gasteiger partial charge in [-0.1, -0.05) is 6.07 Å². The Morgan fingerprint density at radius 1 is 1.31 bits per heavy atom. The summed E-state index contributed by atoms with van der Waals surface area (Å²) in [4.78, 5) is 40.7. The first-order valence-corrected chi connectivity index (χ1v) is 8.83. The molecule has 0 saturated carbocycles. The molecule has 154 valence electrons. The molecule has 3 N–H and O–H groups in total. The van der Waals surface area contributed by atoms with Crippen LogP contribution in [0.4, 0.5) is 4.39 Å². The van der Waals surface area contributed by atoms with E-state index in [9.17, 15) is 18.8 Å². The van der Waals surface area contributed by atoms with Gasteiger partial charge in [-0.25, -0.2) is 9.18 Å². The summed E-state index contributed by atoms with van der Waals surface area (Å²) in [5, 5.41) is 9.13. The molecule has 0 bridgehead atoms. The SMILES string of the molecule is COC(=O)CC(N)C(=O)N(CCc1cccnc1)Cc1cc(C(=O)O)ccc1F. The molecular weight excluding hydrogens is 381 g/mol. The number of hydrogen-bond acceptors (Lipinski definition) is 6. The smallest absolute Gasteiger partial charge is 0.335 e. The molecule has 1 atom stereocenters. The Morgan fingerprint density at radius 2 is 2.07 bits per heavy atom. The molecule has 1 unspecified atom stereocenters. The van der Waals surface area contributed by atoms with Gasteiger partial charge in [0.15, 0.2) is 0 Å². The second kappa shape index (κ2) is 10.3. The number of benzene rings is 1. The van der Waals surface area contributed by atoms with E-state index >= 15 is 0 Å². The van der Waals surface area contributed by atoms with E-state index in [-0.39, 0.29) is 30.6 Å². The summed E-state index contributed by atoms with van der Waals surface area (Å²) in [6.07, 6.45) is 3.36. The molecule has 9 heteroatoms. The highest BCUT2D eigenvalue weighted by Crippen LogP contribution is 2.15. The first kappa shape index (κ1) is 22.0. The maximum absolute atomic E-state index is 14.2. The number of aromatic nitrogens is 1. The van der Waals surface area contributed by atoms with E-state index in [4.69, 9.17) is 10.8 Å². The molecule has 1 aromatic heterocycles. The monoisotopic (exact) mass is 403 g/mol. The quantitative estimate of drug-likeness (QED) is 0.606. The molecule has 0 fully saturated rings. The number of hydrogen-bond donors (Lipinski definition) is 2. The predicted octanol–water partition coefficient (Wildman–Crippen LogP) is 1.38. The molecule has 1 aromatic carbocycles. The van der Waals surface area contributed by atoms with Gasteiger partial charge in [0.25, 0.3) is 0 Å². The second-order valence-electron chi connectivity index (χ2n) is 6.37. The van der Waals surface area contributed by atoms with Crippen molar-refractivity contribution in [3.05, 3.63) is 65.2 Å². The fraction of sp³-hybridized carbons (Fsp3) is 0.300. The van der Waals surface area contributed by atoms with Gasteiger partial charge in [-0.05, 0) is 36.2 Å². The Kier molecular flexibility index (Phi) is 7.79. The number of methoxy groups -OCH3 is 1. The molecule has 0 saturated heterocycles. The Balaban J connectivity index is 2.23. The molecule has 0 spiro atoms. The summed E-state index contributed by atoms with van der Waals surface area (Å²) in [6.45, 7) is -0.0168. The number of rotatable bonds is 9. The van der Waals surface area contributed by atoms with Crippen LogP contribution in [0.25, 0.3) is 0 Å². The lowest BCUT2D eigenvalue weighted by atomic mass is 10.1. The number of amides is 1. The number of esters is 1. The van der Waals surface area contributed by atoms with Crippen molar-refractivity contribution in [3.8, 4) is 0 Å². The third-order valence-electron chi connectivity index (χ3n) is 4.29. The first-order chi connectivity index (χ1) is 13.8. The zero-order valence-electron chi connectivity index (χ0n) is 15.9. The lowest BCUT2D eigenvalue weighted by molar-refractivity contribution is -0.144. The minimum Gasteiger partial charge on any atom is -0.478 e. The summed E-state index contributed by atoms with van der Waals surface area (Å²) in [5.41, 5.74) is 6.63. The largest absolute Gasteiger partial charge is 0.478 e. The number of carboxylic acid groups (broad SMARTS) is 1. The zero-order valence-corrected chi connectivity index (χ0v) is 15.9. The van der Waals surface area contributed by atoms with E-state index in [1.165, 1.54) is 18.1 Å². The first-order valence-electron chi connectivity index (χ1n) is 8.83. The molecular formula is C20H22FN3O5. The van der Waals surface area contributed by atoms with Crippen LogP contribution in [-0.2, 0) is 27.3 Å². The van der Waals surface area contributed by atoms with Crippen LogP contribution < -0.4 is 5.73 Å². The lowest BCUT2D eigenvalue weighted by Crippen LogP contribution is -2.45. The Bertz CT molecular complexity index is 876. The van der Waals surface area contributed by atoms with E-state index in [0.29, 0.717) is 6.42 Å². The van der Waals surface area contributed by atoms with Gasteiger partial charge in [-0.15, -0.1) is 0 Å². The molecule has 1 amide bonds. The number of pyridine rings is 1.